The van der Waals surface area contributed by atoms with Gasteiger partial charge in [0.05, 0.1) is 5.41 Å². The van der Waals surface area contributed by atoms with Crippen molar-refractivity contribution in [3.05, 3.63) is 45.9 Å². The van der Waals surface area contributed by atoms with Gasteiger partial charge in [0.2, 0.25) is 0 Å². The highest BCUT2D eigenvalue weighted by molar-refractivity contribution is 7.10. The highest BCUT2D eigenvalue weighted by atomic mass is 32.1. The molecule has 1 aliphatic heterocycles. The number of fused-ring (bicyclic) bond motifs is 1. The molecule has 2 aromatic heterocycles. The molecule has 1 unspecified atom stereocenters. The van der Waals surface area contributed by atoms with Gasteiger partial charge in [0.25, 0.3) is 0 Å². The summed E-state index contributed by atoms with van der Waals surface area (Å²) in [6.07, 6.45) is 1.82. The summed E-state index contributed by atoms with van der Waals surface area (Å²) in [6, 6.07) is 5.60. The predicted molar refractivity (Wildman–Crippen MR) is 77.7 cm³/mol. The molecular weight excluding hydrogens is 272 g/mol. The largest absolute Gasteiger partial charge is 0.394 e. The molecule has 0 fully saturated rings. The van der Waals surface area contributed by atoms with E-state index in [4.69, 9.17) is 0 Å². The average Bonchev–Trinajstić information content (AvgIpc) is 2.95. The standard InChI is InChI=1S/C15H19N2O2S/c1-15(2)10-17(19,9-11-6-8-20-13(11)15)14(18)12-5-4-7-16(12)3/h4-8,19H,9-10H2,1-3H3/q+1. The smallest absolute Gasteiger partial charge is 0.343 e. The lowest BCUT2D eigenvalue weighted by Gasteiger charge is -2.39. The molecule has 0 spiro atoms. The van der Waals surface area contributed by atoms with E-state index in [0.29, 0.717) is 18.8 Å². The van der Waals surface area contributed by atoms with Crippen molar-refractivity contribution in [3.8, 4) is 0 Å². The normalized spacial score (nSPS) is 24.4. The van der Waals surface area contributed by atoms with E-state index in [1.54, 1.807) is 22.0 Å². The van der Waals surface area contributed by atoms with Crippen molar-refractivity contribution in [1.82, 2.24) is 4.57 Å². The van der Waals surface area contributed by atoms with Crippen LogP contribution >= 0.6 is 11.3 Å². The lowest BCUT2D eigenvalue weighted by atomic mass is 9.84. The fraction of sp³-hybridized carbons (Fsp3) is 0.400. The van der Waals surface area contributed by atoms with Gasteiger partial charge in [-0.25, -0.2) is 10.0 Å². The summed E-state index contributed by atoms with van der Waals surface area (Å²) in [5.41, 5.74) is 1.43. The number of hydroxylamine groups is 3. The number of amides is 1. The lowest BCUT2D eigenvalue weighted by molar-refractivity contribution is -1.05. The first-order valence-corrected chi connectivity index (χ1v) is 7.54. The Kier molecular flexibility index (Phi) is 2.90. The number of rotatable bonds is 1. The highest BCUT2D eigenvalue weighted by Gasteiger charge is 2.49. The molecule has 5 heteroatoms. The Hall–Kier alpha value is -1.43. The fourth-order valence-corrected chi connectivity index (χ4v) is 4.19. The van der Waals surface area contributed by atoms with Gasteiger partial charge >= 0.3 is 5.91 Å². The number of carbonyl (C=O) groups excluding carboxylic acids is 1. The minimum Gasteiger partial charge on any atom is -0.343 e. The molecule has 0 aliphatic carbocycles. The molecule has 2 aromatic rings. The van der Waals surface area contributed by atoms with Gasteiger partial charge in [-0.15, -0.1) is 16.0 Å². The minimum absolute atomic E-state index is 0.197. The number of quaternary nitrogens is 1. The molecule has 1 amide bonds. The van der Waals surface area contributed by atoms with E-state index in [9.17, 15) is 10.0 Å². The van der Waals surface area contributed by atoms with Gasteiger partial charge in [-0.05, 0) is 37.4 Å². The maximum absolute atomic E-state index is 12.7. The molecule has 4 nitrogen and oxygen atoms in total. The van der Waals surface area contributed by atoms with Crippen molar-refractivity contribution in [3.63, 3.8) is 0 Å². The number of hydrogen-bond donors (Lipinski definition) is 1. The zero-order valence-electron chi connectivity index (χ0n) is 12.0. The molecule has 0 saturated heterocycles. The van der Waals surface area contributed by atoms with E-state index in [-0.39, 0.29) is 11.3 Å². The topological polar surface area (TPSA) is 42.2 Å². The van der Waals surface area contributed by atoms with Crippen LogP contribution in [0.1, 0.15) is 34.8 Å². The summed E-state index contributed by atoms with van der Waals surface area (Å²) in [6.45, 7) is 4.93. The van der Waals surface area contributed by atoms with Crippen LogP contribution in [0.15, 0.2) is 29.8 Å². The molecule has 0 aromatic carbocycles. The van der Waals surface area contributed by atoms with E-state index >= 15 is 0 Å². The third-order valence-electron chi connectivity index (χ3n) is 3.99. The molecule has 1 N–H and O–H groups in total. The van der Waals surface area contributed by atoms with Gasteiger partial charge in [-0.2, -0.15) is 0 Å². The predicted octanol–water partition coefficient (Wildman–Crippen LogP) is 2.92. The first-order valence-electron chi connectivity index (χ1n) is 6.66. The molecule has 0 saturated carbocycles. The van der Waals surface area contributed by atoms with E-state index in [2.05, 4.69) is 13.8 Å². The summed E-state index contributed by atoms with van der Waals surface area (Å²) in [7, 11) is 1.82. The summed E-state index contributed by atoms with van der Waals surface area (Å²) in [5.74, 6) is -0.234. The van der Waals surface area contributed by atoms with Crippen LogP contribution in [0.3, 0.4) is 0 Å². The lowest BCUT2D eigenvalue weighted by Crippen LogP contribution is -2.58. The Morgan fingerprint density at radius 1 is 1.45 bits per heavy atom. The van der Waals surface area contributed by atoms with Gasteiger partial charge in [0.15, 0.2) is 0 Å². The molecular formula is C15H19N2O2S+. The van der Waals surface area contributed by atoms with Gasteiger partial charge in [-0.3, -0.25) is 0 Å². The molecule has 0 radical (unpaired) electrons. The van der Waals surface area contributed by atoms with Crippen LogP contribution in [0, 0.1) is 0 Å². The van der Waals surface area contributed by atoms with Gasteiger partial charge in [0.1, 0.15) is 18.8 Å². The molecule has 106 valence electrons. The van der Waals surface area contributed by atoms with E-state index < -0.39 is 4.65 Å². The quantitative estimate of drug-likeness (QED) is 0.648. The van der Waals surface area contributed by atoms with E-state index in [1.165, 1.54) is 4.88 Å². The van der Waals surface area contributed by atoms with Crippen LogP contribution in [0.5, 0.6) is 0 Å². The van der Waals surface area contributed by atoms with Gasteiger partial charge < -0.3 is 4.57 Å². The maximum atomic E-state index is 12.7. The van der Waals surface area contributed by atoms with Crippen LogP contribution < -0.4 is 0 Å². The average molecular weight is 291 g/mol. The van der Waals surface area contributed by atoms with Crippen molar-refractivity contribution in [1.29, 1.82) is 0 Å². The Morgan fingerprint density at radius 2 is 2.20 bits per heavy atom. The number of thiophene rings is 1. The second-order valence-corrected chi connectivity index (χ2v) is 7.12. The number of nitrogens with zero attached hydrogens (tertiary/aromatic N) is 2. The first kappa shape index (κ1) is 13.5. The number of hydrogen-bond acceptors (Lipinski definition) is 3. The van der Waals surface area contributed by atoms with Crippen molar-refractivity contribution in [2.24, 2.45) is 7.05 Å². The molecule has 20 heavy (non-hydrogen) atoms. The summed E-state index contributed by atoms with van der Waals surface area (Å²) in [5, 5.41) is 13.0. The third-order valence-corrected chi connectivity index (χ3v) is 5.31. The molecule has 1 aliphatic rings. The van der Waals surface area contributed by atoms with E-state index in [0.717, 1.165) is 5.56 Å². The van der Waals surface area contributed by atoms with E-state index in [1.807, 2.05) is 30.8 Å². The SMILES string of the molecule is Cn1cccc1C(=O)[N+]1(O)Cc2ccsc2C(C)(C)C1. The zero-order valence-corrected chi connectivity index (χ0v) is 12.8. The molecule has 3 rings (SSSR count). The third kappa shape index (κ3) is 1.93. The Labute approximate surface area is 122 Å². The van der Waals surface area contributed by atoms with Crippen LogP contribution in [-0.4, -0.2) is 26.9 Å². The van der Waals surface area contributed by atoms with Gasteiger partial charge in [0, 0.05) is 23.7 Å². The van der Waals surface area contributed by atoms with Crippen molar-refractivity contribution >= 4 is 17.2 Å². The summed E-state index contributed by atoms with van der Waals surface area (Å²) < 4.78 is 1.21. The molecule has 3 heterocycles. The van der Waals surface area contributed by atoms with Crippen molar-refractivity contribution < 1.29 is 14.6 Å². The second kappa shape index (κ2) is 4.28. The minimum atomic E-state index is -0.547. The van der Waals surface area contributed by atoms with Crippen LogP contribution in [0.2, 0.25) is 0 Å². The highest BCUT2D eigenvalue weighted by Crippen LogP contribution is 2.40. The van der Waals surface area contributed by atoms with Crippen molar-refractivity contribution in [2.45, 2.75) is 25.8 Å². The number of aryl methyl sites for hydroxylation is 1. The molecule has 1 atom stereocenters. The first-order chi connectivity index (χ1) is 9.33. The summed E-state index contributed by atoms with van der Waals surface area (Å²) in [4.78, 5) is 14.0. The molecule has 0 bridgehead atoms. The monoisotopic (exact) mass is 291 g/mol. The van der Waals surface area contributed by atoms with Gasteiger partial charge in [-0.1, -0.05) is 0 Å². The Bertz CT molecular complexity index is 671. The van der Waals surface area contributed by atoms with Crippen LogP contribution in [0.25, 0.3) is 0 Å². The Balaban J connectivity index is 2.03. The van der Waals surface area contributed by atoms with Crippen molar-refractivity contribution in [2.75, 3.05) is 6.54 Å². The number of aromatic nitrogens is 1. The fourth-order valence-electron chi connectivity index (χ4n) is 3.16. The number of carbonyl (C=O) groups is 1. The van der Waals surface area contributed by atoms with Crippen LogP contribution in [0.4, 0.5) is 0 Å². The summed E-state index contributed by atoms with van der Waals surface area (Å²) >= 11 is 1.71. The second-order valence-electron chi connectivity index (χ2n) is 6.21. The zero-order chi connectivity index (χ0) is 14.5. The maximum Gasteiger partial charge on any atom is 0.394 e. The Morgan fingerprint density at radius 3 is 2.85 bits per heavy atom. The van der Waals surface area contributed by atoms with Crippen LogP contribution in [-0.2, 0) is 19.0 Å².